The second-order valence-corrected chi connectivity index (χ2v) is 5.00. The monoisotopic (exact) mass is 274 g/mol. The first-order valence-corrected chi connectivity index (χ1v) is 6.29. The zero-order chi connectivity index (χ0) is 14.0. The van der Waals surface area contributed by atoms with E-state index in [1.54, 1.807) is 11.9 Å². The standard InChI is InChI=1S/C12H17F3N4/c1-19(7-8-4-2-3-5-8)10-6-9(12(13,14)15)17-11(16)18-10/h6,8H,2-5,7H2,1H3,(H2,16,17,18). The van der Waals surface area contributed by atoms with Gasteiger partial charge in [-0.3, -0.25) is 0 Å². The summed E-state index contributed by atoms with van der Waals surface area (Å²) in [5.41, 5.74) is 4.36. The first kappa shape index (κ1) is 13.9. The van der Waals surface area contributed by atoms with Gasteiger partial charge in [0, 0.05) is 19.7 Å². The smallest absolute Gasteiger partial charge is 0.368 e. The van der Waals surface area contributed by atoms with Crippen LogP contribution in [0.3, 0.4) is 0 Å². The lowest BCUT2D eigenvalue weighted by molar-refractivity contribution is -0.141. The molecule has 2 rings (SSSR count). The summed E-state index contributed by atoms with van der Waals surface area (Å²) in [6.45, 7) is 0.702. The fraction of sp³-hybridized carbons (Fsp3) is 0.667. The van der Waals surface area contributed by atoms with Gasteiger partial charge >= 0.3 is 6.18 Å². The van der Waals surface area contributed by atoms with E-state index in [0.717, 1.165) is 18.9 Å². The van der Waals surface area contributed by atoms with Crippen molar-refractivity contribution in [2.75, 3.05) is 24.2 Å². The van der Waals surface area contributed by atoms with Gasteiger partial charge in [0.05, 0.1) is 0 Å². The van der Waals surface area contributed by atoms with E-state index in [4.69, 9.17) is 5.73 Å². The number of rotatable bonds is 3. The van der Waals surface area contributed by atoms with E-state index < -0.39 is 11.9 Å². The minimum absolute atomic E-state index is 0.228. The number of nitrogens with two attached hydrogens (primary N) is 1. The molecule has 106 valence electrons. The van der Waals surface area contributed by atoms with E-state index in [2.05, 4.69) is 9.97 Å². The fourth-order valence-corrected chi connectivity index (χ4v) is 2.47. The van der Waals surface area contributed by atoms with Gasteiger partial charge in [-0.25, -0.2) is 4.98 Å². The molecule has 1 aromatic heterocycles. The predicted octanol–water partition coefficient (Wildman–Crippen LogP) is 2.70. The molecule has 0 saturated heterocycles. The van der Waals surface area contributed by atoms with Crippen LogP contribution in [0.15, 0.2) is 6.07 Å². The molecule has 1 aliphatic rings. The van der Waals surface area contributed by atoms with Crippen molar-refractivity contribution in [2.45, 2.75) is 31.9 Å². The number of alkyl halides is 3. The Hall–Kier alpha value is -1.53. The van der Waals surface area contributed by atoms with Gasteiger partial charge < -0.3 is 10.6 Å². The van der Waals surface area contributed by atoms with Crippen molar-refractivity contribution >= 4 is 11.8 Å². The third kappa shape index (κ3) is 3.48. The lowest BCUT2D eigenvalue weighted by Gasteiger charge is -2.22. The third-order valence-corrected chi connectivity index (χ3v) is 3.42. The molecule has 0 atom stereocenters. The number of anilines is 2. The molecule has 1 aromatic rings. The molecular formula is C12H17F3N4. The van der Waals surface area contributed by atoms with Crippen molar-refractivity contribution in [3.63, 3.8) is 0 Å². The summed E-state index contributed by atoms with van der Waals surface area (Å²) >= 11 is 0. The van der Waals surface area contributed by atoms with E-state index in [1.807, 2.05) is 0 Å². The summed E-state index contributed by atoms with van der Waals surface area (Å²) in [4.78, 5) is 8.84. The molecule has 1 aliphatic carbocycles. The number of hydrogen-bond donors (Lipinski definition) is 1. The van der Waals surface area contributed by atoms with Gasteiger partial charge in [-0.15, -0.1) is 0 Å². The van der Waals surface area contributed by atoms with Crippen molar-refractivity contribution < 1.29 is 13.2 Å². The lowest BCUT2D eigenvalue weighted by Crippen LogP contribution is -2.26. The summed E-state index contributed by atoms with van der Waals surface area (Å²) < 4.78 is 38.0. The Bertz CT molecular complexity index is 441. The maximum atomic E-state index is 12.7. The maximum Gasteiger partial charge on any atom is 0.433 e. The lowest BCUT2D eigenvalue weighted by atomic mass is 10.1. The molecule has 19 heavy (non-hydrogen) atoms. The molecule has 0 aromatic carbocycles. The van der Waals surface area contributed by atoms with Gasteiger partial charge in [-0.1, -0.05) is 12.8 Å². The van der Waals surface area contributed by atoms with Crippen LogP contribution in [0.5, 0.6) is 0 Å². The Kier molecular flexibility index (Phi) is 3.82. The average Bonchev–Trinajstić information content (AvgIpc) is 2.79. The molecule has 0 radical (unpaired) electrons. The predicted molar refractivity (Wildman–Crippen MR) is 66.7 cm³/mol. The maximum absolute atomic E-state index is 12.7. The highest BCUT2D eigenvalue weighted by Gasteiger charge is 2.34. The first-order valence-electron chi connectivity index (χ1n) is 6.29. The largest absolute Gasteiger partial charge is 0.433 e. The molecule has 2 N–H and O–H groups in total. The Morgan fingerprint density at radius 1 is 1.32 bits per heavy atom. The molecule has 7 heteroatoms. The fourth-order valence-electron chi connectivity index (χ4n) is 2.47. The van der Waals surface area contributed by atoms with Crippen LogP contribution in [0.25, 0.3) is 0 Å². The quantitative estimate of drug-likeness (QED) is 0.920. The van der Waals surface area contributed by atoms with Crippen molar-refractivity contribution in [3.05, 3.63) is 11.8 Å². The molecule has 1 saturated carbocycles. The van der Waals surface area contributed by atoms with E-state index >= 15 is 0 Å². The van der Waals surface area contributed by atoms with Crippen LogP contribution in [-0.4, -0.2) is 23.6 Å². The van der Waals surface area contributed by atoms with E-state index in [-0.39, 0.29) is 11.8 Å². The number of hydrogen-bond acceptors (Lipinski definition) is 4. The first-order chi connectivity index (χ1) is 8.86. The number of halogens is 3. The normalized spacial score (nSPS) is 16.8. The SMILES string of the molecule is CN(CC1CCCC1)c1cc(C(F)(F)F)nc(N)n1. The Morgan fingerprint density at radius 3 is 2.53 bits per heavy atom. The third-order valence-electron chi connectivity index (χ3n) is 3.42. The Labute approximate surface area is 109 Å². The van der Waals surface area contributed by atoms with Crippen LogP contribution in [-0.2, 0) is 6.18 Å². The summed E-state index contributed by atoms with van der Waals surface area (Å²) in [5.74, 6) is 0.408. The molecule has 0 amide bonds. The highest BCUT2D eigenvalue weighted by atomic mass is 19.4. The Morgan fingerprint density at radius 2 is 1.95 bits per heavy atom. The summed E-state index contributed by atoms with van der Waals surface area (Å²) in [6, 6.07) is 0.950. The van der Waals surface area contributed by atoms with Gasteiger partial charge in [0.25, 0.3) is 0 Å². The van der Waals surface area contributed by atoms with Gasteiger partial charge in [0.15, 0.2) is 5.69 Å². The van der Waals surface area contributed by atoms with Crippen molar-refractivity contribution in [2.24, 2.45) is 5.92 Å². The number of nitrogen functional groups attached to an aromatic ring is 1. The van der Waals surface area contributed by atoms with E-state index in [0.29, 0.717) is 12.5 Å². The van der Waals surface area contributed by atoms with Crippen LogP contribution in [0.4, 0.5) is 24.9 Å². The zero-order valence-electron chi connectivity index (χ0n) is 10.7. The molecule has 4 nitrogen and oxygen atoms in total. The van der Waals surface area contributed by atoms with Crippen LogP contribution >= 0.6 is 0 Å². The van der Waals surface area contributed by atoms with E-state index in [1.165, 1.54) is 12.8 Å². The summed E-state index contributed by atoms with van der Waals surface area (Å²) in [7, 11) is 1.74. The highest BCUT2D eigenvalue weighted by molar-refractivity contribution is 5.43. The Balaban J connectivity index is 2.16. The second-order valence-electron chi connectivity index (χ2n) is 5.00. The van der Waals surface area contributed by atoms with Crippen molar-refractivity contribution in [1.82, 2.24) is 9.97 Å². The van der Waals surface area contributed by atoms with Crippen molar-refractivity contribution in [1.29, 1.82) is 0 Å². The van der Waals surface area contributed by atoms with Gasteiger partial charge in [-0.05, 0) is 18.8 Å². The minimum Gasteiger partial charge on any atom is -0.368 e. The number of nitrogens with zero attached hydrogens (tertiary/aromatic N) is 3. The molecule has 0 bridgehead atoms. The van der Waals surface area contributed by atoms with E-state index in [9.17, 15) is 13.2 Å². The van der Waals surface area contributed by atoms with Crippen LogP contribution < -0.4 is 10.6 Å². The number of aromatic nitrogens is 2. The van der Waals surface area contributed by atoms with Gasteiger partial charge in [-0.2, -0.15) is 18.2 Å². The molecule has 1 fully saturated rings. The van der Waals surface area contributed by atoms with Crippen LogP contribution in [0.1, 0.15) is 31.4 Å². The molecule has 0 aliphatic heterocycles. The van der Waals surface area contributed by atoms with Crippen LogP contribution in [0.2, 0.25) is 0 Å². The van der Waals surface area contributed by atoms with Crippen molar-refractivity contribution in [3.8, 4) is 0 Å². The zero-order valence-corrected chi connectivity index (χ0v) is 10.7. The minimum atomic E-state index is -4.50. The van der Waals surface area contributed by atoms with Crippen LogP contribution in [0, 0.1) is 5.92 Å². The average molecular weight is 274 g/mol. The summed E-state index contributed by atoms with van der Waals surface area (Å²) in [5, 5.41) is 0. The molecule has 1 heterocycles. The van der Waals surface area contributed by atoms with Gasteiger partial charge in [0.2, 0.25) is 5.95 Å². The topological polar surface area (TPSA) is 55.0 Å². The highest BCUT2D eigenvalue weighted by Crippen LogP contribution is 2.31. The molecule has 0 unspecified atom stereocenters. The summed E-state index contributed by atoms with van der Waals surface area (Å²) in [6.07, 6.45) is 0.129. The molecule has 0 spiro atoms. The van der Waals surface area contributed by atoms with Gasteiger partial charge in [0.1, 0.15) is 5.82 Å². The molecular weight excluding hydrogens is 257 g/mol. The second kappa shape index (κ2) is 5.22.